The van der Waals surface area contributed by atoms with E-state index < -0.39 is 11.7 Å². The van der Waals surface area contributed by atoms with E-state index in [0.29, 0.717) is 29.3 Å². The number of amides is 1. The number of alkyl carbamates (subject to hydrolysis) is 1. The lowest BCUT2D eigenvalue weighted by molar-refractivity contribution is 0.0521. The van der Waals surface area contributed by atoms with Crippen molar-refractivity contribution in [3.05, 3.63) is 27.5 Å². The molecule has 0 aliphatic heterocycles. The van der Waals surface area contributed by atoms with E-state index in [1.165, 1.54) is 11.3 Å². The Hall–Kier alpha value is -2.02. The van der Waals surface area contributed by atoms with Crippen LogP contribution in [0, 0.1) is 5.41 Å². The molecule has 0 aliphatic rings. The Morgan fingerprint density at radius 3 is 2.48 bits per heavy atom. The molecule has 7 heteroatoms. The molecule has 0 radical (unpaired) electrons. The van der Waals surface area contributed by atoms with Gasteiger partial charge in [-0.15, -0.1) is 11.3 Å². The van der Waals surface area contributed by atoms with Gasteiger partial charge in [0.1, 0.15) is 16.1 Å². The average Bonchev–Trinajstić information content (AvgIpc) is 3.05. The fourth-order valence-electron chi connectivity index (χ4n) is 2.94. The molecule has 0 unspecified atom stereocenters. The smallest absolute Gasteiger partial charge is 0.407 e. The molecule has 1 N–H and O–H groups in total. The molecule has 2 heterocycles. The lowest BCUT2D eigenvalue weighted by atomic mass is 9.96. The first-order chi connectivity index (χ1) is 13.4. The lowest BCUT2D eigenvalue weighted by Crippen LogP contribution is -2.35. The van der Waals surface area contributed by atoms with Crippen LogP contribution >= 0.6 is 11.3 Å². The highest BCUT2D eigenvalue weighted by atomic mass is 32.1. The van der Waals surface area contributed by atoms with Gasteiger partial charge in [-0.25, -0.2) is 4.79 Å². The van der Waals surface area contributed by atoms with Crippen LogP contribution in [0.15, 0.2) is 16.2 Å². The second kappa shape index (κ2) is 9.20. The molecule has 0 aromatic carbocycles. The Balaban J connectivity index is 2.51. The molecule has 0 aliphatic carbocycles. The summed E-state index contributed by atoms with van der Waals surface area (Å²) >= 11 is 1.42. The fraction of sp³-hybridized carbons (Fsp3) is 0.636. The predicted molar refractivity (Wildman–Crippen MR) is 119 cm³/mol. The quantitative estimate of drug-likeness (QED) is 0.614. The monoisotopic (exact) mass is 422 g/mol. The minimum atomic E-state index is -0.590. The van der Waals surface area contributed by atoms with Crippen LogP contribution in [-0.4, -0.2) is 22.9 Å². The second-order valence-electron chi connectivity index (χ2n) is 9.45. The van der Waals surface area contributed by atoms with Crippen molar-refractivity contribution in [3.63, 3.8) is 0 Å². The SMILES string of the molecule is CCCCOc1c(CNC(=O)OC(C)(C)C)n(CC(C)(C)C)c(=O)c2sccc12. The van der Waals surface area contributed by atoms with Crippen molar-refractivity contribution >= 4 is 27.5 Å². The van der Waals surface area contributed by atoms with Crippen molar-refractivity contribution in [2.24, 2.45) is 5.41 Å². The second-order valence-corrected chi connectivity index (χ2v) is 10.4. The molecule has 2 aromatic heterocycles. The van der Waals surface area contributed by atoms with Gasteiger partial charge in [-0.3, -0.25) is 4.79 Å². The number of unbranched alkanes of at least 4 members (excludes halogenated alkanes) is 1. The highest BCUT2D eigenvalue weighted by Crippen LogP contribution is 2.32. The zero-order valence-electron chi connectivity index (χ0n) is 18.7. The molecule has 162 valence electrons. The van der Waals surface area contributed by atoms with Crippen molar-refractivity contribution in [2.75, 3.05) is 6.61 Å². The number of carbonyl (C=O) groups excluding carboxylic acids is 1. The number of hydrogen-bond acceptors (Lipinski definition) is 5. The largest absolute Gasteiger partial charge is 0.491 e. The summed E-state index contributed by atoms with van der Waals surface area (Å²) in [5.41, 5.74) is -0.0743. The van der Waals surface area contributed by atoms with Gasteiger partial charge >= 0.3 is 6.09 Å². The van der Waals surface area contributed by atoms with Gasteiger partial charge in [-0.2, -0.15) is 0 Å². The van der Waals surface area contributed by atoms with Crippen LogP contribution in [0.1, 0.15) is 67.0 Å². The van der Waals surface area contributed by atoms with Crippen molar-refractivity contribution in [1.82, 2.24) is 9.88 Å². The summed E-state index contributed by atoms with van der Waals surface area (Å²) in [4.78, 5) is 25.5. The molecule has 2 rings (SSSR count). The number of fused-ring (bicyclic) bond motifs is 1. The molecule has 6 nitrogen and oxygen atoms in total. The zero-order valence-corrected chi connectivity index (χ0v) is 19.5. The summed E-state index contributed by atoms with van der Waals surface area (Å²) in [6, 6.07) is 1.92. The van der Waals surface area contributed by atoms with Gasteiger partial charge in [0.2, 0.25) is 0 Å². The predicted octanol–water partition coefficient (Wildman–Crippen LogP) is 5.31. The van der Waals surface area contributed by atoms with E-state index in [0.717, 1.165) is 18.2 Å². The Bertz CT molecular complexity index is 900. The van der Waals surface area contributed by atoms with Crippen LogP contribution in [0.3, 0.4) is 0 Å². The maximum atomic E-state index is 13.2. The van der Waals surface area contributed by atoms with Gasteiger partial charge in [0.05, 0.1) is 18.8 Å². The highest BCUT2D eigenvalue weighted by molar-refractivity contribution is 7.17. The first-order valence-corrected chi connectivity index (χ1v) is 11.0. The van der Waals surface area contributed by atoms with Gasteiger partial charge in [0, 0.05) is 11.9 Å². The third-order valence-corrected chi connectivity index (χ3v) is 5.02. The molecular weight excluding hydrogens is 388 g/mol. The van der Waals surface area contributed by atoms with Crippen molar-refractivity contribution < 1.29 is 14.3 Å². The molecule has 0 atom stereocenters. The Kier molecular flexibility index (Phi) is 7.38. The van der Waals surface area contributed by atoms with Crippen LogP contribution in [0.5, 0.6) is 5.75 Å². The third kappa shape index (κ3) is 6.49. The number of thiophene rings is 1. The van der Waals surface area contributed by atoms with Crippen molar-refractivity contribution in [1.29, 1.82) is 0 Å². The molecule has 0 fully saturated rings. The van der Waals surface area contributed by atoms with E-state index in [4.69, 9.17) is 9.47 Å². The summed E-state index contributed by atoms with van der Waals surface area (Å²) in [6.07, 6.45) is 1.42. The Labute approximate surface area is 177 Å². The first kappa shape index (κ1) is 23.3. The number of hydrogen-bond donors (Lipinski definition) is 1. The summed E-state index contributed by atoms with van der Waals surface area (Å²) < 4.78 is 13.9. The normalized spacial score (nSPS) is 12.2. The van der Waals surface area contributed by atoms with Crippen LogP contribution in [0.4, 0.5) is 4.79 Å². The maximum Gasteiger partial charge on any atom is 0.407 e. The fourth-order valence-corrected chi connectivity index (χ4v) is 3.78. The molecule has 0 saturated carbocycles. The Morgan fingerprint density at radius 2 is 1.90 bits per heavy atom. The van der Waals surface area contributed by atoms with Crippen LogP contribution < -0.4 is 15.6 Å². The lowest BCUT2D eigenvalue weighted by Gasteiger charge is -2.25. The summed E-state index contributed by atoms with van der Waals surface area (Å²) in [7, 11) is 0. The number of carbonyl (C=O) groups is 1. The molecule has 0 saturated heterocycles. The standard InChI is InChI=1S/C22H34N2O4S/c1-8-9-11-27-17-15-10-12-29-18(15)19(25)24(14-21(2,3)4)16(17)13-23-20(26)28-22(5,6)7/h10,12H,8-9,11,13-14H2,1-7H3,(H,23,26). The van der Waals surface area contributed by atoms with Gasteiger partial charge in [0.25, 0.3) is 5.56 Å². The van der Waals surface area contributed by atoms with Crippen LogP contribution in [0.25, 0.3) is 10.1 Å². The summed E-state index contributed by atoms with van der Waals surface area (Å²) in [5.74, 6) is 0.676. The van der Waals surface area contributed by atoms with E-state index in [1.807, 2.05) is 32.2 Å². The summed E-state index contributed by atoms with van der Waals surface area (Å²) in [6.45, 7) is 15.1. The van der Waals surface area contributed by atoms with E-state index >= 15 is 0 Å². The number of rotatable bonds is 7. The zero-order chi connectivity index (χ0) is 21.8. The molecule has 29 heavy (non-hydrogen) atoms. The number of nitrogens with zero attached hydrogens (tertiary/aromatic N) is 1. The van der Waals surface area contributed by atoms with E-state index in [9.17, 15) is 9.59 Å². The third-order valence-electron chi connectivity index (χ3n) is 4.11. The number of aromatic nitrogens is 1. The van der Waals surface area contributed by atoms with E-state index in [1.54, 1.807) is 4.57 Å². The van der Waals surface area contributed by atoms with Gasteiger partial charge in [-0.1, -0.05) is 34.1 Å². The molecule has 0 bridgehead atoms. The van der Waals surface area contributed by atoms with Crippen LogP contribution in [0.2, 0.25) is 0 Å². The van der Waals surface area contributed by atoms with Crippen molar-refractivity contribution in [3.8, 4) is 5.75 Å². The van der Waals surface area contributed by atoms with Gasteiger partial charge < -0.3 is 19.4 Å². The summed E-state index contributed by atoms with van der Waals surface area (Å²) in [5, 5.41) is 5.51. The molecule has 2 aromatic rings. The average molecular weight is 423 g/mol. The van der Waals surface area contributed by atoms with E-state index in [2.05, 4.69) is 33.0 Å². The maximum absolute atomic E-state index is 13.2. The van der Waals surface area contributed by atoms with Crippen LogP contribution in [-0.2, 0) is 17.8 Å². The molecule has 0 spiro atoms. The van der Waals surface area contributed by atoms with E-state index in [-0.39, 0.29) is 17.5 Å². The Morgan fingerprint density at radius 1 is 1.21 bits per heavy atom. The van der Waals surface area contributed by atoms with Crippen molar-refractivity contribution in [2.45, 2.75) is 80.0 Å². The minimum absolute atomic E-state index is 0.0474. The first-order valence-electron chi connectivity index (χ1n) is 10.2. The number of nitrogens with one attached hydrogen (secondary N) is 1. The topological polar surface area (TPSA) is 69.6 Å². The minimum Gasteiger partial charge on any atom is -0.491 e. The molecule has 1 amide bonds. The van der Waals surface area contributed by atoms with Gasteiger partial charge in [-0.05, 0) is 44.1 Å². The molecular formula is C22H34N2O4S. The number of ether oxygens (including phenoxy) is 2. The highest BCUT2D eigenvalue weighted by Gasteiger charge is 2.24. The number of pyridine rings is 1. The van der Waals surface area contributed by atoms with Gasteiger partial charge in [0.15, 0.2) is 0 Å².